The Morgan fingerprint density at radius 2 is 1.80 bits per heavy atom. The second-order valence-corrected chi connectivity index (χ2v) is 6.59. The maximum absolute atomic E-state index is 12.6. The third-order valence-corrected chi connectivity index (χ3v) is 4.33. The second kappa shape index (κ2) is 7.30. The molecule has 0 heterocycles. The maximum atomic E-state index is 12.6. The number of aryl methyl sites for hydroxylation is 1. The van der Waals surface area contributed by atoms with Gasteiger partial charge in [0.25, 0.3) is 0 Å². The lowest BCUT2D eigenvalue weighted by molar-refractivity contribution is -0.143. The summed E-state index contributed by atoms with van der Waals surface area (Å²) in [5.74, 6) is -1.000. The van der Waals surface area contributed by atoms with Crippen LogP contribution in [0.1, 0.15) is 18.9 Å². The molecule has 0 aliphatic rings. The Balaban J connectivity index is 2.45. The van der Waals surface area contributed by atoms with Crippen LogP contribution < -0.4 is 4.18 Å². The number of fused-ring (bicyclic) bond motifs is 1. The predicted molar refractivity (Wildman–Crippen MR) is 84.5 cm³/mol. The molecule has 0 fully saturated rings. The number of benzene rings is 2. The molecule has 0 aromatic heterocycles. The van der Waals surface area contributed by atoms with Gasteiger partial charge in [-0.3, -0.25) is 4.79 Å². The summed E-state index contributed by atoms with van der Waals surface area (Å²) >= 11 is 0. The molecule has 0 unspecified atom stereocenters. The van der Waals surface area contributed by atoms with Gasteiger partial charge in [-0.1, -0.05) is 30.3 Å². The van der Waals surface area contributed by atoms with Gasteiger partial charge in [0.1, 0.15) is 5.75 Å². The lowest BCUT2D eigenvalue weighted by atomic mass is 10.00. The van der Waals surface area contributed by atoms with Crippen molar-refractivity contribution in [2.75, 3.05) is 6.61 Å². The van der Waals surface area contributed by atoms with Crippen molar-refractivity contribution in [1.82, 2.24) is 0 Å². The van der Waals surface area contributed by atoms with Crippen LogP contribution in [-0.4, -0.2) is 26.5 Å². The molecule has 0 saturated carbocycles. The quantitative estimate of drug-likeness (QED) is 0.438. The van der Waals surface area contributed by atoms with E-state index in [0.717, 1.165) is 6.07 Å². The molecular weight excluding hydrogens is 361 g/mol. The molecule has 0 radical (unpaired) electrons. The van der Waals surface area contributed by atoms with E-state index < -0.39 is 27.3 Å². The fraction of sp³-hybridized carbons (Fsp3) is 0.312. The second-order valence-electron chi connectivity index (χ2n) is 5.05. The third kappa shape index (κ3) is 4.41. The van der Waals surface area contributed by atoms with Crippen LogP contribution in [-0.2, 0) is 26.1 Å². The van der Waals surface area contributed by atoms with Crippen molar-refractivity contribution in [1.29, 1.82) is 0 Å². The fourth-order valence-electron chi connectivity index (χ4n) is 2.28. The van der Waals surface area contributed by atoms with Crippen LogP contribution in [0.4, 0.5) is 13.2 Å². The fourth-order valence-corrected chi connectivity index (χ4v) is 2.76. The molecule has 2 aromatic rings. The zero-order chi connectivity index (χ0) is 18.7. The van der Waals surface area contributed by atoms with Crippen molar-refractivity contribution in [3.8, 4) is 5.75 Å². The molecule has 5 nitrogen and oxygen atoms in total. The summed E-state index contributed by atoms with van der Waals surface area (Å²) in [6, 6.07) is 9.30. The first-order valence-corrected chi connectivity index (χ1v) is 8.73. The van der Waals surface area contributed by atoms with Crippen molar-refractivity contribution in [3.05, 3.63) is 42.0 Å². The van der Waals surface area contributed by atoms with Gasteiger partial charge in [-0.15, -0.1) is 0 Å². The number of rotatable bonds is 6. The van der Waals surface area contributed by atoms with Crippen LogP contribution in [0.3, 0.4) is 0 Å². The first-order chi connectivity index (χ1) is 11.7. The molecule has 0 bridgehead atoms. The van der Waals surface area contributed by atoms with Crippen molar-refractivity contribution >= 4 is 26.9 Å². The molecule has 25 heavy (non-hydrogen) atoms. The van der Waals surface area contributed by atoms with Gasteiger partial charge in [-0.05, 0) is 30.2 Å². The number of carbonyl (C=O) groups excluding carboxylic acids is 1. The van der Waals surface area contributed by atoms with Gasteiger partial charge in [-0.2, -0.15) is 21.6 Å². The van der Waals surface area contributed by atoms with Crippen LogP contribution in [0.25, 0.3) is 10.8 Å². The van der Waals surface area contributed by atoms with Crippen LogP contribution in [0.15, 0.2) is 36.4 Å². The number of alkyl halides is 3. The molecule has 0 amide bonds. The van der Waals surface area contributed by atoms with E-state index in [1.54, 1.807) is 31.2 Å². The first kappa shape index (κ1) is 19.0. The smallest absolute Gasteiger partial charge is 0.466 e. The molecule has 0 atom stereocenters. The summed E-state index contributed by atoms with van der Waals surface area (Å²) in [5, 5.41) is 1.18. The van der Waals surface area contributed by atoms with E-state index in [-0.39, 0.29) is 25.0 Å². The molecule has 136 valence electrons. The van der Waals surface area contributed by atoms with E-state index in [2.05, 4.69) is 4.18 Å². The Bertz CT molecular complexity index is 875. The standard InChI is InChI=1S/C16H15F3O5S/c1-2-23-15(20)10-8-13-12-6-4-3-5-11(12)7-9-14(13)24-25(21,22)16(17,18)19/h3-7,9H,2,8,10H2,1H3. The summed E-state index contributed by atoms with van der Waals surface area (Å²) in [6.45, 7) is 1.79. The summed E-state index contributed by atoms with van der Waals surface area (Å²) in [6.07, 6.45) is -0.146. The molecular formula is C16H15F3O5S. The van der Waals surface area contributed by atoms with Crippen LogP contribution in [0, 0.1) is 0 Å². The van der Waals surface area contributed by atoms with E-state index in [1.165, 1.54) is 6.07 Å². The van der Waals surface area contributed by atoms with Gasteiger partial charge in [0.15, 0.2) is 0 Å². The van der Waals surface area contributed by atoms with Crippen molar-refractivity contribution in [3.63, 3.8) is 0 Å². The first-order valence-electron chi connectivity index (χ1n) is 7.32. The van der Waals surface area contributed by atoms with Gasteiger partial charge in [0.05, 0.1) is 6.61 Å². The summed E-state index contributed by atoms with van der Waals surface area (Å²) < 4.78 is 69.5. The normalized spacial score (nSPS) is 12.2. The average Bonchev–Trinajstić information content (AvgIpc) is 2.52. The van der Waals surface area contributed by atoms with Gasteiger partial charge in [0.2, 0.25) is 0 Å². The molecule has 0 aliphatic carbocycles. The summed E-state index contributed by atoms with van der Waals surface area (Å²) in [4.78, 5) is 11.5. The van der Waals surface area contributed by atoms with E-state index in [4.69, 9.17) is 4.74 Å². The summed E-state index contributed by atoms with van der Waals surface area (Å²) in [5.41, 5.74) is -5.35. The average molecular weight is 376 g/mol. The van der Waals surface area contributed by atoms with Gasteiger partial charge in [0, 0.05) is 12.0 Å². The Morgan fingerprint density at radius 3 is 2.44 bits per heavy atom. The van der Waals surface area contributed by atoms with Crippen LogP contribution in [0.2, 0.25) is 0 Å². The van der Waals surface area contributed by atoms with Gasteiger partial charge < -0.3 is 8.92 Å². The number of hydrogen-bond donors (Lipinski definition) is 0. The summed E-state index contributed by atoms with van der Waals surface area (Å²) in [7, 11) is -5.81. The largest absolute Gasteiger partial charge is 0.534 e. The number of halogens is 3. The van der Waals surface area contributed by atoms with Crippen molar-refractivity contribution in [2.24, 2.45) is 0 Å². The Morgan fingerprint density at radius 1 is 1.12 bits per heavy atom. The van der Waals surface area contributed by atoms with E-state index >= 15 is 0 Å². The zero-order valence-electron chi connectivity index (χ0n) is 13.2. The molecule has 2 aromatic carbocycles. The number of hydrogen-bond acceptors (Lipinski definition) is 5. The molecule has 0 saturated heterocycles. The highest BCUT2D eigenvalue weighted by molar-refractivity contribution is 7.88. The lowest BCUT2D eigenvalue weighted by Gasteiger charge is -2.15. The molecule has 9 heteroatoms. The number of ether oxygens (including phenoxy) is 1. The molecule has 2 rings (SSSR count). The third-order valence-electron chi connectivity index (χ3n) is 3.37. The number of esters is 1. The lowest BCUT2D eigenvalue weighted by Crippen LogP contribution is -2.28. The van der Waals surface area contributed by atoms with Gasteiger partial charge >= 0.3 is 21.6 Å². The molecule has 0 spiro atoms. The minimum atomic E-state index is -5.81. The Hall–Kier alpha value is -2.29. The minimum absolute atomic E-state index is 0.0249. The SMILES string of the molecule is CCOC(=O)CCc1c(OS(=O)(=O)C(F)(F)F)ccc2ccccc12. The van der Waals surface area contributed by atoms with E-state index in [9.17, 15) is 26.4 Å². The number of carbonyl (C=O) groups is 1. The Kier molecular flexibility index (Phi) is 5.56. The zero-order valence-corrected chi connectivity index (χ0v) is 14.0. The highest BCUT2D eigenvalue weighted by Crippen LogP contribution is 2.33. The van der Waals surface area contributed by atoms with Crippen molar-refractivity contribution < 1.29 is 35.3 Å². The monoisotopic (exact) mass is 376 g/mol. The van der Waals surface area contributed by atoms with E-state index in [0.29, 0.717) is 10.8 Å². The molecule has 0 N–H and O–H groups in total. The topological polar surface area (TPSA) is 69.7 Å². The van der Waals surface area contributed by atoms with Crippen molar-refractivity contribution in [2.45, 2.75) is 25.3 Å². The maximum Gasteiger partial charge on any atom is 0.534 e. The predicted octanol–water partition coefficient (Wildman–Crippen LogP) is 3.56. The highest BCUT2D eigenvalue weighted by Gasteiger charge is 2.48. The van der Waals surface area contributed by atoms with Crippen LogP contribution >= 0.6 is 0 Å². The van der Waals surface area contributed by atoms with E-state index in [1.807, 2.05) is 0 Å². The van der Waals surface area contributed by atoms with Crippen LogP contribution in [0.5, 0.6) is 5.75 Å². The highest BCUT2D eigenvalue weighted by atomic mass is 32.2. The van der Waals surface area contributed by atoms with Gasteiger partial charge in [-0.25, -0.2) is 0 Å². The molecule has 0 aliphatic heterocycles. The minimum Gasteiger partial charge on any atom is -0.466 e. The Labute approximate surface area is 142 Å².